The van der Waals surface area contributed by atoms with Crippen LogP contribution < -0.4 is 19.7 Å². The van der Waals surface area contributed by atoms with E-state index in [0.29, 0.717) is 26.3 Å². The van der Waals surface area contributed by atoms with Gasteiger partial charge >= 0.3 is 0 Å². The van der Waals surface area contributed by atoms with E-state index in [1.165, 1.54) is 0 Å². The first kappa shape index (κ1) is 28.6. The van der Waals surface area contributed by atoms with Crippen LogP contribution in [0.4, 0.5) is 5.69 Å². The lowest BCUT2D eigenvalue weighted by molar-refractivity contribution is -0.0856. The molecule has 9 heteroatoms. The summed E-state index contributed by atoms with van der Waals surface area (Å²) in [5.74, 6) is 1.71. The second kappa shape index (κ2) is 14.7. The molecule has 0 aromatic heterocycles. The quantitative estimate of drug-likeness (QED) is 0.358. The number of aliphatic hydroxyl groups excluding tert-OH is 1. The Morgan fingerprint density at radius 3 is 2.53 bits per heavy atom. The summed E-state index contributed by atoms with van der Waals surface area (Å²) in [7, 11) is 4.97. The molecule has 2 N–H and O–H groups in total. The molecule has 4 rings (SSSR count). The number of benzene rings is 2. The van der Waals surface area contributed by atoms with Gasteiger partial charge in [0.1, 0.15) is 24.2 Å². The van der Waals surface area contributed by atoms with E-state index in [0.717, 1.165) is 54.4 Å². The number of hydrogen-bond acceptors (Lipinski definition) is 9. The second-order valence-electron chi connectivity index (χ2n) is 9.77. The molecule has 1 saturated heterocycles. The number of hydrogen-bond donors (Lipinski definition) is 2. The number of ether oxygens (including phenoxy) is 6. The van der Waals surface area contributed by atoms with E-state index >= 15 is 0 Å². The van der Waals surface area contributed by atoms with Crippen molar-refractivity contribution >= 4 is 5.69 Å². The Balaban J connectivity index is 1.47. The van der Waals surface area contributed by atoms with Crippen LogP contribution in [0.2, 0.25) is 0 Å². The molecule has 0 saturated carbocycles. The summed E-state index contributed by atoms with van der Waals surface area (Å²) in [6.07, 6.45) is 0.00467. The van der Waals surface area contributed by atoms with E-state index in [-0.39, 0.29) is 31.3 Å². The molecule has 1 fully saturated rings. The van der Waals surface area contributed by atoms with Crippen LogP contribution in [0.5, 0.6) is 11.5 Å². The lowest BCUT2D eigenvalue weighted by Gasteiger charge is -2.39. The van der Waals surface area contributed by atoms with Crippen LogP contribution >= 0.6 is 0 Å². The van der Waals surface area contributed by atoms with Crippen LogP contribution in [-0.2, 0) is 25.6 Å². The molecule has 4 atom stereocenters. The third-order valence-corrected chi connectivity index (χ3v) is 7.08. The lowest BCUT2D eigenvalue weighted by Crippen LogP contribution is -2.51. The summed E-state index contributed by atoms with van der Waals surface area (Å²) >= 11 is 0. The van der Waals surface area contributed by atoms with Gasteiger partial charge in [0.05, 0.1) is 51.4 Å². The Labute approximate surface area is 225 Å². The normalized spacial score (nSPS) is 22.0. The summed E-state index contributed by atoms with van der Waals surface area (Å²) in [6.45, 7) is 5.49. The van der Waals surface area contributed by atoms with Crippen LogP contribution in [0.25, 0.3) is 0 Å². The number of fused-ring (bicyclic) bond motifs is 1. The summed E-state index contributed by atoms with van der Waals surface area (Å²) in [6, 6.07) is 14.4. The highest BCUT2D eigenvalue weighted by Gasteiger charge is 2.36. The van der Waals surface area contributed by atoms with Crippen molar-refractivity contribution in [1.29, 1.82) is 0 Å². The fourth-order valence-corrected chi connectivity index (χ4v) is 5.16. The summed E-state index contributed by atoms with van der Waals surface area (Å²) in [5.41, 5.74) is 3.32. The Kier molecular flexibility index (Phi) is 11.0. The van der Waals surface area contributed by atoms with Gasteiger partial charge in [-0.1, -0.05) is 18.2 Å². The van der Waals surface area contributed by atoms with Crippen LogP contribution in [0.3, 0.4) is 0 Å². The van der Waals surface area contributed by atoms with Gasteiger partial charge in [0.15, 0.2) is 0 Å². The number of rotatable bonds is 14. The van der Waals surface area contributed by atoms with Gasteiger partial charge in [0.2, 0.25) is 0 Å². The van der Waals surface area contributed by atoms with Crippen molar-refractivity contribution in [2.75, 3.05) is 78.8 Å². The lowest BCUT2D eigenvalue weighted by atomic mass is 9.85. The summed E-state index contributed by atoms with van der Waals surface area (Å²) < 4.78 is 34.3. The number of anilines is 1. The fourth-order valence-electron chi connectivity index (χ4n) is 5.16. The maximum absolute atomic E-state index is 10.2. The molecular formula is C29H42N2O7. The maximum Gasteiger partial charge on any atom is 0.142 e. The van der Waals surface area contributed by atoms with Gasteiger partial charge in [-0.15, -0.1) is 0 Å². The molecule has 0 spiro atoms. The van der Waals surface area contributed by atoms with Crippen LogP contribution in [0.1, 0.15) is 23.5 Å². The number of methoxy groups -OCH3 is 3. The van der Waals surface area contributed by atoms with E-state index in [9.17, 15) is 5.11 Å². The Hall–Kier alpha value is -2.40. The predicted molar refractivity (Wildman–Crippen MR) is 145 cm³/mol. The van der Waals surface area contributed by atoms with Crippen molar-refractivity contribution in [2.45, 2.75) is 37.3 Å². The minimum atomic E-state index is -0.678. The molecule has 0 bridgehead atoms. The van der Waals surface area contributed by atoms with Gasteiger partial charge in [-0.05, 0) is 41.8 Å². The monoisotopic (exact) mass is 530 g/mol. The molecule has 38 heavy (non-hydrogen) atoms. The third kappa shape index (κ3) is 7.59. The van der Waals surface area contributed by atoms with E-state index in [2.05, 4.69) is 34.5 Å². The largest absolute Gasteiger partial charge is 0.497 e. The zero-order chi connectivity index (χ0) is 26.7. The van der Waals surface area contributed by atoms with Gasteiger partial charge in [-0.2, -0.15) is 0 Å². The van der Waals surface area contributed by atoms with Gasteiger partial charge in [0, 0.05) is 46.4 Å². The molecule has 0 unspecified atom stereocenters. The average molecular weight is 531 g/mol. The molecule has 2 aromatic carbocycles. The van der Waals surface area contributed by atoms with Gasteiger partial charge < -0.3 is 43.7 Å². The standard InChI is InChI=1S/C29H42N2O7/c1-33-13-4-11-31-12-14-36-26-10-5-21(15-25(26)31)18-37-27-16-30-17-28(38-20-23(32)19-34-2)29(27)22-6-8-24(35-3)9-7-22/h5-10,15,23,27-30,32H,4,11-14,16-20H2,1-3H3/t23-,27-,28+,29+/m0/s1. The smallest absolute Gasteiger partial charge is 0.142 e. The third-order valence-electron chi connectivity index (χ3n) is 7.08. The molecule has 2 aromatic rings. The van der Waals surface area contributed by atoms with Crippen molar-refractivity contribution in [3.8, 4) is 11.5 Å². The SMILES string of the molecule is COCCCN1CCOc2ccc(CO[C@H]3CNC[C@@H](OC[C@@H](O)COC)[C@@H]3c3ccc(OC)cc3)cc21. The molecule has 0 aliphatic carbocycles. The molecule has 2 aliphatic heterocycles. The number of nitrogens with one attached hydrogen (secondary N) is 1. The molecule has 210 valence electrons. The topological polar surface area (TPSA) is 90.9 Å². The Bertz CT molecular complexity index is 974. The first-order valence-corrected chi connectivity index (χ1v) is 13.4. The van der Waals surface area contributed by atoms with Gasteiger partial charge in [0.25, 0.3) is 0 Å². The Morgan fingerprint density at radius 2 is 1.79 bits per heavy atom. The van der Waals surface area contributed by atoms with E-state index < -0.39 is 6.10 Å². The highest BCUT2D eigenvalue weighted by Crippen LogP contribution is 2.35. The number of nitrogens with zero attached hydrogens (tertiary/aromatic N) is 1. The molecule has 0 amide bonds. The highest BCUT2D eigenvalue weighted by atomic mass is 16.5. The van der Waals surface area contributed by atoms with Crippen LogP contribution in [0.15, 0.2) is 42.5 Å². The first-order chi connectivity index (χ1) is 18.6. The van der Waals surface area contributed by atoms with Crippen molar-refractivity contribution in [3.63, 3.8) is 0 Å². The summed E-state index contributed by atoms with van der Waals surface area (Å²) in [4.78, 5) is 2.36. The van der Waals surface area contributed by atoms with E-state index in [1.807, 2.05) is 18.2 Å². The molecule has 0 radical (unpaired) electrons. The minimum Gasteiger partial charge on any atom is -0.497 e. The fraction of sp³-hybridized carbons (Fsp3) is 0.586. The van der Waals surface area contributed by atoms with Crippen molar-refractivity contribution in [1.82, 2.24) is 5.32 Å². The molecule has 9 nitrogen and oxygen atoms in total. The van der Waals surface area contributed by atoms with Gasteiger partial charge in [-0.25, -0.2) is 0 Å². The minimum absolute atomic E-state index is 0.0107. The first-order valence-electron chi connectivity index (χ1n) is 13.4. The van der Waals surface area contributed by atoms with E-state index in [4.69, 9.17) is 28.4 Å². The average Bonchev–Trinajstić information content (AvgIpc) is 2.95. The number of aliphatic hydroxyl groups is 1. The van der Waals surface area contributed by atoms with Crippen molar-refractivity contribution in [3.05, 3.63) is 53.6 Å². The zero-order valence-corrected chi connectivity index (χ0v) is 22.8. The predicted octanol–water partition coefficient (Wildman–Crippen LogP) is 2.60. The zero-order valence-electron chi connectivity index (χ0n) is 22.8. The second-order valence-corrected chi connectivity index (χ2v) is 9.77. The van der Waals surface area contributed by atoms with E-state index in [1.54, 1.807) is 21.3 Å². The molecule has 2 heterocycles. The number of piperidine rings is 1. The summed E-state index contributed by atoms with van der Waals surface area (Å²) in [5, 5.41) is 13.6. The van der Waals surface area contributed by atoms with Crippen LogP contribution in [0, 0.1) is 0 Å². The van der Waals surface area contributed by atoms with Crippen molar-refractivity contribution in [2.24, 2.45) is 0 Å². The van der Waals surface area contributed by atoms with Crippen molar-refractivity contribution < 1.29 is 33.5 Å². The molecule has 2 aliphatic rings. The molecular weight excluding hydrogens is 488 g/mol. The maximum atomic E-state index is 10.2. The Morgan fingerprint density at radius 1 is 1.00 bits per heavy atom. The highest BCUT2D eigenvalue weighted by molar-refractivity contribution is 5.61. The van der Waals surface area contributed by atoms with Gasteiger partial charge in [-0.3, -0.25) is 0 Å². The van der Waals surface area contributed by atoms with Crippen LogP contribution in [-0.4, -0.2) is 97.4 Å².